The van der Waals surface area contributed by atoms with Gasteiger partial charge in [-0.15, -0.1) is 0 Å². The van der Waals surface area contributed by atoms with Gasteiger partial charge in [0.2, 0.25) is 15.8 Å². The summed E-state index contributed by atoms with van der Waals surface area (Å²) in [6.45, 7) is 5.86. The third kappa shape index (κ3) is 9.67. The van der Waals surface area contributed by atoms with Gasteiger partial charge < -0.3 is 19.9 Å². The third-order valence-electron chi connectivity index (χ3n) is 15.3. The molecule has 0 radical (unpaired) electrons. The lowest BCUT2D eigenvalue weighted by atomic mass is 9.59. The number of piperidine rings is 1. The molecule has 3 N–H and O–H groups in total. The number of hydrogen-bond acceptors (Lipinski definition) is 13. The standard InChI is InChI=1S/C49H59N9O8S2/c1-32-7-9-33(10-8-32)28-51-47-43(58(60)61)25-39(30-53-47)68(64,65)54-48(59)42-14-13-36(24-45(42)66-38-23-35-15-18-50-46(35)52-29-38)55-19-16-49(17-20-55)26-37(27-49)57-22-21-56(67(2,62)63)31-44(57)41-6-4-3-5-40(41)34-11-12-34/h3-6,13-15,18,23-25,29-30,32-34,37,44H,7-12,16-17,19-22,26-28,31H2,1-2H3,(H,50,52)(H,51,53)(H,54,59)/t32-,33+,44-/m0/s1. The van der Waals surface area contributed by atoms with Gasteiger partial charge in [-0.1, -0.05) is 44.0 Å². The first-order valence-electron chi connectivity index (χ1n) is 23.9. The lowest BCUT2D eigenvalue weighted by Crippen LogP contribution is -2.60. The van der Waals surface area contributed by atoms with Crippen molar-refractivity contribution in [2.45, 2.75) is 94.0 Å². The Balaban J connectivity index is 0.843. The third-order valence-corrected chi connectivity index (χ3v) is 17.9. The molecule has 3 aliphatic carbocycles. The number of amides is 1. The molecule has 360 valence electrons. The van der Waals surface area contributed by atoms with Crippen LogP contribution in [0.2, 0.25) is 0 Å². The maximum Gasteiger partial charge on any atom is 0.312 e. The second-order valence-corrected chi connectivity index (χ2v) is 23.6. The summed E-state index contributed by atoms with van der Waals surface area (Å²) in [4.78, 5) is 41.4. The first-order chi connectivity index (χ1) is 32.6. The summed E-state index contributed by atoms with van der Waals surface area (Å²) < 4.78 is 63.1. The zero-order valence-electron chi connectivity index (χ0n) is 38.5. The van der Waals surface area contributed by atoms with Crippen molar-refractivity contribution < 1.29 is 31.3 Å². The minimum atomic E-state index is -4.63. The van der Waals surface area contributed by atoms with E-state index in [1.165, 1.54) is 42.5 Å². The van der Waals surface area contributed by atoms with Crippen LogP contribution in [0.3, 0.4) is 0 Å². The van der Waals surface area contributed by atoms with Gasteiger partial charge in [-0.3, -0.25) is 19.8 Å². The highest BCUT2D eigenvalue weighted by molar-refractivity contribution is 7.90. The number of carbonyl (C=O) groups excluding carboxylic acids is 1. The smallest absolute Gasteiger partial charge is 0.312 e. The number of pyridine rings is 2. The molecule has 2 saturated heterocycles. The van der Waals surface area contributed by atoms with E-state index < -0.39 is 41.5 Å². The van der Waals surface area contributed by atoms with Crippen molar-refractivity contribution in [2.75, 3.05) is 55.7 Å². The van der Waals surface area contributed by atoms with Gasteiger partial charge >= 0.3 is 5.69 Å². The van der Waals surface area contributed by atoms with Crippen LogP contribution in [0.4, 0.5) is 17.2 Å². The Morgan fingerprint density at radius 2 is 1.66 bits per heavy atom. The lowest BCUT2D eigenvalue weighted by molar-refractivity contribution is -0.384. The van der Waals surface area contributed by atoms with E-state index in [1.54, 1.807) is 28.7 Å². The van der Waals surface area contributed by atoms with Crippen LogP contribution in [0.5, 0.6) is 11.5 Å². The van der Waals surface area contributed by atoms with Crippen molar-refractivity contribution in [3.63, 3.8) is 0 Å². The van der Waals surface area contributed by atoms with Gasteiger partial charge in [-0.25, -0.2) is 31.5 Å². The first kappa shape index (κ1) is 46.1. The van der Waals surface area contributed by atoms with E-state index >= 15 is 0 Å². The van der Waals surface area contributed by atoms with Crippen molar-refractivity contribution >= 4 is 54.2 Å². The van der Waals surface area contributed by atoms with Crippen molar-refractivity contribution in [2.24, 2.45) is 17.3 Å². The number of benzene rings is 2. The number of rotatable bonds is 14. The number of aromatic amines is 1. The first-order valence-corrected chi connectivity index (χ1v) is 27.2. The molecule has 2 aliphatic heterocycles. The predicted octanol–water partition coefficient (Wildman–Crippen LogP) is 7.96. The molecule has 2 aromatic carbocycles. The lowest BCUT2D eigenvalue weighted by Gasteiger charge is -2.58. The summed E-state index contributed by atoms with van der Waals surface area (Å²) in [7, 11) is -7.96. The highest BCUT2D eigenvalue weighted by Crippen LogP contribution is 2.54. The van der Waals surface area contributed by atoms with Gasteiger partial charge in [-0.05, 0) is 110 Å². The Morgan fingerprint density at radius 1 is 0.912 bits per heavy atom. The number of ether oxygens (including phenoxy) is 1. The molecule has 5 fully saturated rings. The quantitative estimate of drug-likeness (QED) is 0.0713. The molecule has 68 heavy (non-hydrogen) atoms. The van der Waals surface area contributed by atoms with Crippen LogP contribution in [0.25, 0.3) is 11.0 Å². The number of carbonyl (C=O) groups is 1. The largest absolute Gasteiger partial charge is 0.455 e. The number of nitrogens with zero attached hydrogens (tertiary/aromatic N) is 6. The fraction of sp³-hybridized carbons (Fsp3) is 0.490. The van der Waals surface area contributed by atoms with E-state index in [9.17, 15) is 31.7 Å². The van der Waals surface area contributed by atoms with Crippen molar-refractivity contribution in [1.29, 1.82) is 0 Å². The summed E-state index contributed by atoms with van der Waals surface area (Å²) in [6.07, 6.45) is 16.1. The van der Waals surface area contributed by atoms with Gasteiger partial charge in [0.05, 0.1) is 29.1 Å². The number of sulfonamides is 2. The van der Waals surface area contributed by atoms with Crippen molar-refractivity contribution in [3.05, 3.63) is 106 Å². The molecule has 3 aromatic heterocycles. The van der Waals surface area contributed by atoms with Gasteiger partial charge in [0, 0.05) is 80.8 Å². The molecular formula is C49H59N9O8S2. The minimum Gasteiger partial charge on any atom is -0.455 e. The summed E-state index contributed by atoms with van der Waals surface area (Å²) in [6, 6.07) is 18.6. The Kier molecular flexibility index (Phi) is 12.5. The molecular weight excluding hydrogens is 907 g/mol. The maximum atomic E-state index is 14.0. The molecule has 3 saturated carbocycles. The van der Waals surface area contributed by atoms with Crippen LogP contribution in [0, 0.1) is 27.4 Å². The maximum absolute atomic E-state index is 14.0. The molecule has 1 atom stereocenters. The molecule has 10 rings (SSSR count). The number of piperazine rings is 1. The summed E-state index contributed by atoms with van der Waals surface area (Å²) in [5.41, 5.74) is 3.68. The summed E-state index contributed by atoms with van der Waals surface area (Å²) in [5, 5.41) is 16.0. The van der Waals surface area contributed by atoms with E-state index in [-0.39, 0.29) is 28.6 Å². The average Bonchev–Trinajstić information content (AvgIpc) is 4.06. The number of hydrogen-bond donors (Lipinski definition) is 3. The molecule has 0 bridgehead atoms. The van der Waals surface area contributed by atoms with Crippen LogP contribution in [-0.4, -0.2) is 103 Å². The Hall–Kier alpha value is -5.63. The topological polar surface area (TPSA) is 213 Å². The van der Waals surface area contributed by atoms with Gasteiger partial charge in [0.25, 0.3) is 15.9 Å². The number of H-pyrrole nitrogens is 1. The fourth-order valence-corrected chi connectivity index (χ4v) is 12.9. The second kappa shape index (κ2) is 18.4. The van der Waals surface area contributed by atoms with Crippen LogP contribution in [0.1, 0.15) is 105 Å². The second-order valence-electron chi connectivity index (χ2n) is 19.9. The Labute approximate surface area is 397 Å². The molecule has 1 spiro atoms. The number of fused-ring (bicyclic) bond motifs is 1. The van der Waals surface area contributed by atoms with Gasteiger partial charge in [-0.2, -0.15) is 4.31 Å². The van der Waals surface area contributed by atoms with Crippen LogP contribution < -0.4 is 19.7 Å². The minimum absolute atomic E-state index is 0.00735. The summed E-state index contributed by atoms with van der Waals surface area (Å²) >= 11 is 0. The van der Waals surface area contributed by atoms with Crippen molar-refractivity contribution in [3.8, 4) is 11.5 Å². The fourth-order valence-electron chi connectivity index (χ4n) is 11.1. The SMILES string of the molecule is CS(=O)(=O)N1CCN(C2CC3(CCN(c4ccc(C(=O)NS(=O)(=O)c5cnc(NC[C@H]6CC[C@@H](C)CC6)c([N+](=O)[O-])c5)c(Oc5cnc6[nH]ccc6c5)c4)CC3)C2)[C@H](c2ccccc2C2CC2)C1. The number of anilines is 2. The molecule has 19 heteroatoms. The van der Waals surface area contributed by atoms with Crippen molar-refractivity contribution in [1.82, 2.24) is 28.9 Å². The number of nitrogens with one attached hydrogen (secondary N) is 3. The summed E-state index contributed by atoms with van der Waals surface area (Å²) in [5.74, 6) is 0.980. The van der Waals surface area contributed by atoms with E-state index in [1.807, 2.05) is 6.07 Å². The van der Waals surface area contributed by atoms with E-state index in [0.29, 0.717) is 61.4 Å². The molecule has 1 amide bonds. The van der Waals surface area contributed by atoms with Crippen LogP contribution >= 0.6 is 0 Å². The van der Waals surface area contributed by atoms with Crippen LogP contribution in [-0.2, 0) is 20.0 Å². The van der Waals surface area contributed by atoms with E-state index in [0.717, 1.165) is 87.8 Å². The number of aromatic nitrogens is 3. The van der Waals surface area contributed by atoms with E-state index in [2.05, 4.69) is 66.0 Å². The molecule has 0 unspecified atom stereocenters. The highest BCUT2D eigenvalue weighted by atomic mass is 32.2. The average molecular weight is 966 g/mol. The number of nitro groups is 1. The zero-order valence-corrected chi connectivity index (χ0v) is 40.1. The molecule has 5 heterocycles. The zero-order chi connectivity index (χ0) is 47.4. The Bertz CT molecular complexity index is 2940. The normalized spacial score (nSPS) is 22.7. The van der Waals surface area contributed by atoms with Crippen LogP contribution in [0.15, 0.2) is 84.1 Å². The monoisotopic (exact) mass is 965 g/mol. The van der Waals surface area contributed by atoms with Gasteiger partial charge in [0.15, 0.2) is 0 Å². The Morgan fingerprint density at radius 3 is 2.38 bits per heavy atom. The predicted molar refractivity (Wildman–Crippen MR) is 259 cm³/mol. The molecule has 17 nitrogen and oxygen atoms in total. The molecule has 5 aliphatic rings. The molecule has 5 aromatic rings. The highest BCUT2D eigenvalue weighted by Gasteiger charge is 2.51. The van der Waals surface area contributed by atoms with E-state index in [4.69, 9.17) is 4.74 Å². The van der Waals surface area contributed by atoms with Gasteiger partial charge in [0.1, 0.15) is 22.0 Å².